The lowest BCUT2D eigenvalue weighted by Gasteiger charge is -2.34. The quantitative estimate of drug-likeness (QED) is 0.903. The molecule has 0 spiro atoms. The summed E-state index contributed by atoms with van der Waals surface area (Å²) in [4.78, 5) is 15.6. The molecule has 1 unspecified atom stereocenters. The summed E-state index contributed by atoms with van der Waals surface area (Å²) in [6.07, 6.45) is -0.267. The van der Waals surface area contributed by atoms with Gasteiger partial charge in [-0.15, -0.1) is 0 Å². The first-order valence-corrected chi connectivity index (χ1v) is 8.09. The largest absolute Gasteiger partial charge is 0.450 e. The Morgan fingerprint density at radius 1 is 1.35 bits per heavy atom. The van der Waals surface area contributed by atoms with E-state index in [1.807, 2.05) is 0 Å². The predicted molar refractivity (Wildman–Crippen MR) is 85.7 cm³/mol. The highest BCUT2D eigenvalue weighted by Gasteiger charge is 2.22. The van der Waals surface area contributed by atoms with E-state index in [-0.39, 0.29) is 11.9 Å². The summed E-state index contributed by atoms with van der Waals surface area (Å²) in [6, 6.07) is 4.72. The lowest BCUT2D eigenvalue weighted by molar-refractivity contribution is 0.0725. The number of aliphatic hydroxyl groups is 1. The van der Waals surface area contributed by atoms with Gasteiger partial charge in [-0.25, -0.2) is 9.18 Å². The molecule has 1 N–H and O–H groups in total. The van der Waals surface area contributed by atoms with Crippen LogP contribution in [0.25, 0.3) is 0 Å². The molecule has 0 saturated carbocycles. The zero-order valence-electron chi connectivity index (χ0n) is 13.8. The van der Waals surface area contributed by atoms with Crippen LogP contribution in [0.15, 0.2) is 18.2 Å². The molecule has 1 heterocycles. The number of carbonyl (C=O) groups is 1. The number of piperazine rings is 1. The standard InChI is InChI=1S/C17H25FN2O3/c1-3-23-17(22)20-10-8-19(9-11-20)7-6-16(21)14-4-5-15(18)13(2)12-14/h4-5,12,16,21H,3,6-11H2,1-2H3. The normalized spacial score (nSPS) is 17.1. The molecule has 0 bridgehead atoms. The molecule has 1 aromatic carbocycles. The fourth-order valence-electron chi connectivity index (χ4n) is 2.72. The number of hydrogen-bond acceptors (Lipinski definition) is 4. The first kappa shape index (κ1) is 17.7. The summed E-state index contributed by atoms with van der Waals surface area (Å²) in [5.41, 5.74) is 1.29. The number of rotatable bonds is 5. The lowest BCUT2D eigenvalue weighted by Crippen LogP contribution is -2.49. The highest BCUT2D eigenvalue weighted by molar-refractivity contribution is 5.67. The molecule has 1 atom stereocenters. The fraction of sp³-hybridized carbons (Fsp3) is 0.588. The first-order valence-electron chi connectivity index (χ1n) is 8.09. The molecule has 1 aliphatic rings. The van der Waals surface area contributed by atoms with E-state index in [0.717, 1.165) is 25.2 Å². The molecular weight excluding hydrogens is 299 g/mol. The van der Waals surface area contributed by atoms with Crippen molar-refractivity contribution in [3.8, 4) is 0 Å². The van der Waals surface area contributed by atoms with Crippen LogP contribution in [0.5, 0.6) is 0 Å². The van der Waals surface area contributed by atoms with Crippen molar-refractivity contribution in [2.75, 3.05) is 39.3 Å². The maximum atomic E-state index is 13.3. The Labute approximate surface area is 136 Å². The molecule has 1 saturated heterocycles. The monoisotopic (exact) mass is 324 g/mol. The topological polar surface area (TPSA) is 53.0 Å². The van der Waals surface area contributed by atoms with Gasteiger partial charge < -0.3 is 14.7 Å². The molecule has 2 rings (SSSR count). The zero-order chi connectivity index (χ0) is 16.8. The Balaban J connectivity index is 1.76. The third-order valence-corrected chi connectivity index (χ3v) is 4.18. The molecule has 5 nitrogen and oxygen atoms in total. The van der Waals surface area contributed by atoms with E-state index in [1.54, 1.807) is 30.9 Å². The number of amides is 1. The van der Waals surface area contributed by atoms with Gasteiger partial charge in [0.05, 0.1) is 12.7 Å². The molecule has 1 fully saturated rings. The van der Waals surface area contributed by atoms with Crippen LogP contribution in [0.4, 0.5) is 9.18 Å². The number of halogens is 1. The van der Waals surface area contributed by atoms with Crippen LogP contribution in [-0.2, 0) is 4.74 Å². The summed E-state index contributed by atoms with van der Waals surface area (Å²) < 4.78 is 18.3. The van der Waals surface area contributed by atoms with E-state index in [4.69, 9.17) is 4.74 Å². The van der Waals surface area contributed by atoms with E-state index in [1.165, 1.54) is 6.07 Å². The Kier molecular flexibility index (Phi) is 6.36. The van der Waals surface area contributed by atoms with E-state index in [9.17, 15) is 14.3 Å². The summed E-state index contributed by atoms with van der Waals surface area (Å²) >= 11 is 0. The van der Waals surface area contributed by atoms with Gasteiger partial charge in [-0.1, -0.05) is 12.1 Å². The van der Waals surface area contributed by atoms with Crippen molar-refractivity contribution < 1.29 is 19.0 Å². The predicted octanol–water partition coefficient (Wildman–Crippen LogP) is 2.33. The van der Waals surface area contributed by atoms with Crippen LogP contribution < -0.4 is 0 Å². The van der Waals surface area contributed by atoms with Gasteiger partial charge in [-0.3, -0.25) is 4.90 Å². The van der Waals surface area contributed by atoms with E-state index in [0.29, 0.717) is 31.7 Å². The maximum Gasteiger partial charge on any atom is 0.409 e. The van der Waals surface area contributed by atoms with Crippen molar-refractivity contribution in [1.29, 1.82) is 0 Å². The highest BCUT2D eigenvalue weighted by atomic mass is 19.1. The average Bonchev–Trinajstić information content (AvgIpc) is 2.56. The number of hydrogen-bond donors (Lipinski definition) is 1. The molecular formula is C17H25FN2O3. The van der Waals surface area contributed by atoms with Gasteiger partial charge in [0.2, 0.25) is 0 Å². The summed E-state index contributed by atoms with van der Waals surface area (Å²) in [6.45, 7) is 7.46. The maximum absolute atomic E-state index is 13.3. The van der Waals surface area contributed by atoms with Gasteiger partial charge in [0, 0.05) is 32.7 Å². The van der Waals surface area contributed by atoms with Crippen molar-refractivity contribution in [3.05, 3.63) is 35.1 Å². The van der Waals surface area contributed by atoms with Gasteiger partial charge in [-0.05, 0) is 37.5 Å². The third kappa shape index (κ3) is 4.91. The molecule has 1 amide bonds. The minimum Gasteiger partial charge on any atom is -0.450 e. The van der Waals surface area contributed by atoms with Gasteiger partial charge in [0.25, 0.3) is 0 Å². The van der Waals surface area contributed by atoms with Crippen LogP contribution in [0.2, 0.25) is 0 Å². The zero-order valence-corrected chi connectivity index (χ0v) is 13.8. The molecule has 6 heteroatoms. The van der Waals surface area contributed by atoms with Crippen molar-refractivity contribution in [2.24, 2.45) is 0 Å². The summed E-state index contributed by atoms with van der Waals surface area (Å²) in [5.74, 6) is -0.254. The minimum atomic E-state index is -0.600. The second-order valence-electron chi connectivity index (χ2n) is 5.84. The number of benzene rings is 1. The van der Waals surface area contributed by atoms with Crippen molar-refractivity contribution in [1.82, 2.24) is 9.80 Å². The number of nitrogens with zero attached hydrogens (tertiary/aromatic N) is 2. The average molecular weight is 324 g/mol. The van der Waals surface area contributed by atoms with Crippen LogP contribution in [0.3, 0.4) is 0 Å². The van der Waals surface area contributed by atoms with Crippen LogP contribution >= 0.6 is 0 Å². The minimum absolute atomic E-state index is 0.254. The highest BCUT2D eigenvalue weighted by Crippen LogP contribution is 2.20. The number of ether oxygens (including phenoxy) is 1. The lowest BCUT2D eigenvalue weighted by atomic mass is 10.0. The van der Waals surface area contributed by atoms with Gasteiger partial charge in [0.15, 0.2) is 0 Å². The van der Waals surface area contributed by atoms with Crippen molar-refractivity contribution in [2.45, 2.75) is 26.4 Å². The molecule has 0 aromatic heterocycles. The smallest absolute Gasteiger partial charge is 0.409 e. The molecule has 23 heavy (non-hydrogen) atoms. The van der Waals surface area contributed by atoms with Crippen LogP contribution in [0.1, 0.15) is 30.6 Å². The Bertz CT molecular complexity index is 531. The number of carbonyl (C=O) groups excluding carboxylic acids is 1. The second kappa shape index (κ2) is 8.26. The van der Waals surface area contributed by atoms with Crippen molar-refractivity contribution in [3.63, 3.8) is 0 Å². The summed E-state index contributed by atoms with van der Waals surface area (Å²) in [7, 11) is 0. The van der Waals surface area contributed by atoms with Crippen LogP contribution in [0, 0.1) is 12.7 Å². The first-order chi connectivity index (χ1) is 11.0. The van der Waals surface area contributed by atoms with E-state index < -0.39 is 6.10 Å². The summed E-state index contributed by atoms with van der Waals surface area (Å²) in [5, 5.41) is 10.2. The molecule has 0 aliphatic carbocycles. The molecule has 128 valence electrons. The SMILES string of the molecule is CCOC(=O)N1CCN(CCC(O)c2ccc(F)c(C)c2)CC1. The number of aliphatic hydroxyl groups excluding tert-OH is 1. The Morgan fingerprint density at radius 3 is 2.65 bits per heavy atom. The molecule has 0 radical (unpaired) electrons. The third-order valence-electron chi connectivity index (χ3n) is 4.18. The number of aryl methyl sites for hydroxylation is 1. The van der Waals surface area contributed by atoms with Crippen LogP contribution in [-0.4, -0.2) is 60.3 Å². The fourth-order valence-corrected chi connectivity index (χ4v) is 2.72. The Morgan fingerprint density at radius 2 is 2.04 bits per heavy atom. The van der Waals surface area contributed by atoms with Gasteiger partial charge >= 0.3 is 6.09 Å². The molecule has 1 aromatic rings. The Hall–Kier alpha value is -1.66. The van der Waals surface area contributed by atoms with Gasteiger partial charge in [-0.2, -0.15) is 0 Å². The second-order valence-corrected chi connectivity index (χ2v) is 5.84. The van der Waals surface area contributed by atoms with Crippen molar-refractivity contribution >= 4 is 6.09 Å². The molecule has 1 aliphatic heterocycles. The van der Waals surface area contributed by atoms with Gasteiger partial charge in [0.1, 0.15) is 5.82 Å². The van der Waals surface area contributed by atoms with E-state index in [2.05, 4.69) is 4.90 Å². The van der Waals surface area contributed by atoms with E-state index >= 15 is 0 Å².